The lowest BCUT2D eigenvalue weighted by Gasteiger charge is -2.41. The van der Waals surface area contributed by atoms with E-state index in [0.29, 0.717) is 6.54 Å². The van der Waals surface area contributed by atoms with Crippen molar-refractivity contribution in [3.05, 3.63) is 30.3 Å². The van der Waals surface area contributed by atoms with Gasteiger partial charge in [0.1, 0.15) is 0 Å². The highest BCUT2D eigenvalue weighted by molar-refractivity contribution is 5.97. The molecule has 1 saturated carbocycles. The molecule has 2 N–H and O–H groups in total. The first-order valence-electron chi connectivity index (χ1n) is 5.73. The molecule has 0 aliphatic heterocycles. The summed E-state index contributed by atoms with van der Waals surface area (Å²) in [6, 6.07) is 9.72. The van der Waals surface area contributed by atoms with Crippen molar-refractivity contribution in [1.82, 2.24) is 0 Å². The van der Waals surface area contributed by atoms with Gasteiger partial charge in [0.15, 0.2) is 0 Å². The Morgan fingerprint density at radius 3 is 2.44 bits per heavy atom. The van der Waals surface area contributed by atoms with Crippen LogP contribution < -0.4 is 10.6 Å². The van der Waals surface area contributed by atoms with Crippen LogP contribution in [0.4, 0.5) is 5.69 Å². The molecule has 16 heavy (non-hydrogen) atoms. The van der Waals surface area contributed by atoms with Gasteiger partial charge < -0.3 is 10.6 Å². The summed E-state index contributed by atoms with van der Waals surface area (Å²) in [7, 11) is 1.83. The van der Waals surface area contributed by atoms with Gasteiger partial charge in [0.25, 0.3) is 0 Å². The molecule has 1 aromatic rings. The van der Waals surface area contributed by atoms with Crippen LogP contribution in [0.1, 0.15) is 19.3 Å². The Morgan fingerprint density at radius 2 is 2.00 bits per heavy atom. The fraction of sp³-hybridized carbons (Fsp3) is 0.462. The molecule has 1 fully saturated rings. The number of rotatable bonds is 3. The molecule has 0 atom stereocenters. The van der Waals surface area contributed by atoms with Gasteiger partial charge in [-0.1, -0.05) is 24.6 Å². The van der Waals surface area contributed by atoms with Crippen molar-refractivity contribution in [1.29, 1.82) is 0 Å². The van der Waals surface area contributed by atoms with Crippen LogP contribution in [-0.4, -0.2) is 19.5 Å². The molecule has 0 radical (unpaired) electrons. The van der Waals surface area contributed by atoms with Crippen LogP contribution in [0.5, 0.6) is 0 Å². The molecular weight excluding hydrogens is 200 g/mol. The molecule has 1 aliphatic carbocycles. The Kier molecular flexibility index (Phi) is 2.97. The van der Waals surface area contributed by atoms with Crippen LogP contribution in [0.25, 0.3) is 0 Å². The number of nitrogens with two attached hydrogens (primary N) is 1. The molecule has 3 nitrogen and oxygen atoms in total. The number of benzene rings is 1. The lowest BCUT2D eigenvalue weighted by molar-refractivity contribution is -0.131. The van der Waals surface area contributed by atoms with Gasteiger partial charge in [0.2, 0.25) is 5.91 Å². The molecule has 0 spiro atoms. The second-order valence-electron chi connectivity index (χ2n) is 4.54. The Bertz CT molecular complexity index is 365. The van der Waals surface area contributed by atoms with Crippen molar-refractivity contribution >= 4 is 11.6 Å². The van der Waals surface area contributed by atoms with Crippen LogP contribution >= 0.6 is 0 Å². The Morgan fingerprint density at radius 1 is 1.38 bits per heavy atom. The van der Waals surface area contributed by atoms with Crippen LogP contribution in [0, 0.1) is 5.41 Å². The summed E-state index contributed by atoms with van der Waals surface area (Å²) < 4.78 is 0. The standard InChI is InChI=1S/C13H18N2O/c1-15(11-6-3-2-4-7-11)12(16)13(10-14)8-5-9-13/h2-4,6-7H,5,8-10,14H2,1H3. The molecule has 1 aromatic carbocycles. The van der Waals surface area contributed by atoms with Crippen LogP contribution in [0.15, 0.2) is 30.3 Å². The first-order valence-corrected chi connectivity index (χ1v) is 5.73. The number of hydrogen-bond acceptors (Lipinski definition) is 2. The largest absolute Gasteiger partial charge is 0.329 e. The van der Waals surface area contributed by atoms with E-state index in [4.69, 9.17) is 5.73 Å². The normalized spacial score (nSPS) is 17.6. The molecule has 0 aromatic heterocycles. The quantitative estimate of drug-likeness (QED) is 0.840. The second-order valence-corrected chi connectivity index (χ2v) is 4.54. The maximum Gasteiger partial charge on any atom is 0.234 e. The Balaban J connectivity index is 2.16. The molecule has 0 unspecified atom stereocenters. The Hall–Kier alpha value is -1.35. The molecule has 0 heterocycles. The van der Waals surface area contributed by atoms with E-state index in [9.17, 15) is 4.79 Å². The van der Waals surface area contributed by atoms with E-state index in [1.54, 1.807) is 4.90 Å². The minimum atomic E-state index is -0.287. The first kappa shape index (κ1) is 11.1. The number of anilines is 1. The number of amides is 1. The van der Waals surface area contributed by atoms with E-state index < -0.39 is 0 Å². The fourth-order valence-electron chi connectivity index (χ4n) is 2.23. The van der Waals surface area contributed by atoms with Gasteiger partial charge in [-0.15, -0.1) is 0 Å². The van der Waals surface area contributed by atoms with Gasteiger partial charge in [-0.25, -0.2) is 0 Å². The Labute approximate surface area is 96.2 Å². The summed E-state index contributed by atoms with van der Waals surface area (Å²) in [5, 5.41) is 0. The van der Waals surface area contributed by atoms with E-state index in [1.165, 1.54) is 0 Å². The average molecular weight is 218 g/mol. The first-order chi connectivity index (χ1) is 7.69. The fourth-order valence-corrected chi connectivity index (χ4v) is 2.23. The summed E-state index contributed by atoms with van der Waals surface area (Å²) in [4.78, 5) is 14.1. The maximum absolute atomic E-state index is 12.3. The van der Waals surface area contributed by atoms with Crippen LogP contribution in [0.3, 0.4) is 0 Å². The molecule has 2 rings (SSSR count). The summed E-state index contributed by atoms with van der Waals surface area (Å²) in [6.07, 6.45) is 2.98. The highest BCUT2D eigenvalue weighted by Gasteiger charge is 2.44. The van der Waals surface area contributed by atoms with Gasteiger partial charge in [-0.2, -0.15) is 0 Å². The molecule has 0 bridgehead atoms. The van der Waals surface area contributed by atoms with Crippen molar-refractivity contribution in [2.24, 2.45) is 11.1 Å². The average Bonchev–Trinajstić information content (AvgIpc) is 2.28. The zero-order chi connectivity index (χ0) is 11.6. The number of hydrogen-bond donors (Lipinski definition) is 1. The third kappa shape index (κ3) is 1.71. The van der Waals surface area contributed by atoms with Gasteiger partial charge in [-0.3, -0.25) is 4.79 Å². The van der Waals surface area contributed by atoms with Crippen molar-refractivity contribution in [2.45, 2.75) is 19.3 Å². The summed E-state index contributed by atoms with van der Waals surface area (Å²) >= 11 is 0. The van der Waals surface area contributed by atoms with Crippen molar-refractivity contribution in [3.63, 3.8) is 0 Å². The van der Waals surface area contributed by atoms with Crippen molar-refractivity contribution in [2.75, 3.05) is 18.5 Å². The molecule has 1 aliphatic rings. The van der Waals surface area contributed by atoms with Crippen molar-refractivity contribution < 1.29 is 4.79 Å². The summed E-state index contributed by atoms with van der Waals surface area (Å²) in [5.74, 6) is 0.160. The highest BCUT2D eigenvalue weighted by Crippen LogP contribution is 2.41. The van der Waals surface area contributed by atoms with Crippen LogP contribution in [0.2, 0.25) is 0 Å². The molecule has 86 valence electrons. The topological polar surface area (TPSA) is 46.3 Å². The van der Waals surface area contributed by atoms with E-state index in [2.05, 4.69) is 0 Å². The van der Waals surface area contributed by atoms with Gasteiger partial charge in [-0.05, 0) is 25.0 Å². The minimum absolute atomic E-state index is 0.160. The summed E-state index contributed by atoms with van der Waals surface area (Å²) in [5.41, 5.74) is 6.39. The monoisotopic (exact) mass is 218 g/mol. The number of carbonyl (C=O) groups excluding carboxylic acids is 1. The van der Waals surface area contributed by atoms with Crippen LogP contribution in [-0.2, 0) is 4.79 Å². The predicted molar refractivity (Wildman–Crippen MR) is 65.2 cm³/mol. The van der Waals surface area contributed by atoms with E-state index in [0.717, 1.165) is 24.9 Å². The van der Waals surface area contributed by atoms with E-state index in [1.807, 2.05) is 37.4 Å². The number of para-hydroxylation sites is 1. The van der Waals surface area contributed by atoms with Gasteiger partial charge in [0.05, 0.1) is 5.41 Å². The SMILES string of the molecule is CN(C(=O)C1(CN)CCC1)c1ccccc1. The maximum atomic E-state index is 12.3. The zero-order valence-corrected chi connectivity index (χ0v) is 9.65. The highest BCUT2D eigenvalue weighted by atomic mass is 16.2. The minimum Gasteiger partial charge on any atom is -0.329 e. The lowest BCUT2D eigenvalue weighted by Crippen LogP contribution is -2.51. The molecule has 3 heteroatoms. The van der Waals surface area contributed by atoms with Gasteiger partial charge in [0, 0.05) is 19.3 Å². The van der Waals surface area contributed by atoms with Gasteiger partial charge >= 0.3 is 0 Å². The third-order valence-corrected chi connectivity index (χ3v) is 3.60. The number of nitrogens with zero attached hydrogens (tertiary/aromatic N) is 1. The smallest absolute Gasteiger partial charge is 0.234 e. The third-order valence-electron chi connectivity index (χ3n) is 3.60. The second kappa shape index (κ2) is 4.26. The summed E-state index contributed by atoms with van der Waals surface area (Å²) in [6.45, 7) is 0.461. The van der Waals surface area contributed by atoms with Crippen molar-refractivity contribution in [3.8, 4) is 0 Å². The zero-order valence-electron chi connectivity index (χ0n) is 9.65. The number of carbonyl (C=O) groups is 1. The molecular formula is C13H18N2O. The molecule has 0 saturated heterocycles. The predicted octanol–water partition coefficient (Wildman–Crippen LogP) is 1.78. The lowest BCUT2D eigenvalue weighted by atomic mass is 9.68. The molecule has 1 amide bonds. The van der Waals surface area contributed by atoms with E-state index in [-0.39, 0.29) is 11.3 Å². The van der Waals surface area contributed by atoms with E-state index >= 15 is 0 Å².